The maximum Gasteiger partial charge on any atom is 0.244 e. The van der Waals surface area contributed by atoms with Crippen molar-refractivity contribution in [2.75, 3.05) is 10.6 Å². The van der Waals surface area contributed by atoms with Gasteiger partial charge in [-0.05, 0) is 25.1 Å². The first-order chi connectivity index (χ1) is 16.1. The highest BCUT2D eigenvalue weighted by atomic mass is 16.2. The van der Waals surface area contributed by atoms with Crippen LogP contribution in [0.2, 0.25) is 0 Å². The normalized spacial score (nSPS) is 19.7. The number of rotatable bonds is 1. The van der Waals surface area contributed by atoms with Crippen LogP contribution in [0.25, 0.3) is 11.4 Å². The van der Waals surface area contributed by atoms with Gasteiger partial charge in [-0.15, -0.1) is 0 Å². The largest absolute Gasteiger partial charge is 0.339 e. The van der Waals surface area contributed by atoms with Crippen LogP contribution in [-0.2, 0) is 10.2 Å². The summed E-state index contributed by atoms with van der Waals surface area (Å²) in [5.41, 5.74) is 5.06. The molecule has 158 valence electrons. The molecule has 3 aliphatic rings. The molecule has 7 rings (SSSR count). The van der Waals surface area contributed by atoms with Gasteiger partial charge in [0, 0.05) is 33.5 Å². The second kappa shape index (κ2) is 6.07. The average Bonchev–Trinajstić information content (AvgIpc) is 3.44. The van der Waals surface area contributed by atoms with E-state index in [4.69, 9.17) is 5.10 Å². The summed E-state index contributed by atoms with van der Waals surface area (Å²) in [5.74, 6) is 0.349. The van der Waals surface area contributed by atoms with E-state index in [9.17, 15) is 9.59 Å². The third kappa shape index (κ3) is 2.06. The molecule has 1 spiro atoms. The summed E-state index contributed by atoms with van der Waals surface area (Å²) in [5, 5.41) is 11.4. The number of hydrogen-bond acceptors (Lipinski definition) is 4. The molecule has 0 bridgehead atoms. The van der Waals surface area contributed by atoms with E-state index < -0.39 is 5.41 Å². The van der Waals surface area contributed by atoms with Crippen LogP contribution < -0.4 is 10.6 Å². The zero-order valence-corrected chi connectivity index (χ0v) is 17.7. The van der Waals surface area contributed by atoms with Gasteiger partial charge in [-0.25, -0.2) is 4.68 Å². The molecule has 0 unspecified atom stereocenters. The molecule has 1 amide bonds. The van der Waals surface area contributed by atoms with Crippen LogP contribution >= 0.6 is 0 Å². The number of anilines is 2. The fourth-order valence-corrected chi connectivity index (χ4v) is 5.61. The molecule has 4 aromatic rings. The SMILES string of the molecule is Cc1nn(-c2ccccc2)c2c1[C@]1(C(=O)Nc3ccccc31)C1=C(N2)c2ccccc2C1=O. The van der Waals surface area contributed by atoms with Crippen LogP contribution in [0.15, 0.2) is 84.4 Å². The van der Waals surface area contributed by atoms with Gasteiger partial charge in [-0.2, -0.15) is 5.10 Å². The predicted octanol–water partition coefficient (Wildman–Crippen LogP) is 4.45. The molecule has 1 aliphatic carbocycles. The van der Waals surface area contributed by atoms with Crippen molar-refractivity contribution < 1.29 is 9.59 Å². The van der Waals surface area contributed by atoms with Crippen LogP contribution in [-0.4, -0.2) is 21.5 Å². The molecule has 0 saturated carbocycles. The Morgan fingerprint density at radius 2 is 1.52 bits per heavy atom. The van der Waals surface area contributed by atoms with Crippen LogP contribution in [0.4, 0.5) is 11.5 Å². The number of carbonyl (C=O) groups is 2. The Morgan fingerprint density at radius 1 is 0.818 bits per heavy atom. The highest BCUT2D eigenvalue weighted by Crippen LogP contribution is 2.58. The second-order valence-corrected chi connectivity index (χ2v) is 8.56. The number of hydrogen-bond donors (Lipinski definition) is 2. The smallest absolute Gasteiger partial charge is 0.244 e. The first-order valence-electron chi connectivity index (χ1n) is 10.8. The van der Waals surface area contributed by atoms with E-state index in [1.165, 1.54) is 0 Å². The van der Waals surface area contributed by atoms with Gasteiger partial charge in [0.1, 0.15) is 11.2 Å². The summed E-state index contributed by atoms with van der Waals surface area (Å²) in [6.45, 7) is 1.90. The molecule has 3 aromatic carbocycles. The number of nitrogens with one attached hydrogen (secondary N) is 2. The fourth-order valence-electron chi connectivity index (χ4n) is 5.61. The van der Waals surface area contributed by atoms with E-state index in [0.717, 1.165) is 22.5 Å². The van der Waals surface area contributed by atoms with Crippen LogP contribution in [0, 0.1) is 6.92 Å². The van der Waals surface area contributed by atoms with Gasteiger partial charge >= 0.3 is 0 Å². The van der Waals surface area contributed by atoms with E-state index in [0.29, 0.717) is 33.9 Å². The van der Waals surface area contributed by atoms with Gasteiger partial charge in [0.05, 0.1) is 17.1 Å². The van der Waals surface area contributed by atoms with Crippen molar-refractivity contribution in [1.29, 1.82) is 0 Å². The molecule has 0 fully saturated rings. The summed E-state index contributed by atoms with van der Waals surface area (Å²) < 4.78 is 1.83. The number of aromatic nitrogens is 2. The van der Waals surface area contributed by atoms with Gasteiger partial charge in [0.2, 0.25) is 5.91 Å². The van der Waals surface area contributed by atoms with E-state index in [1.807, 2.05) is 90.5 Å². The average molecular weight is 430 g/mol. The van der Waals surface area contributed by atoms with Crippen molar-refractivity contribution in [3.8, 4) is 5.69 Å². The van der Waals surface area contributed by atoms with E-state index in [2.05, 4.69) is 10.6 Å². The maximum absolute atomic E-state index is 13.9. The standard InChI is InChI=1S/C27H18N4O2/c1-15-21-25(31(30-15)16-9-3-2-4-10-16)29-23-17-11-5-6-12-18(17)24(32)22(23)27(21)19-13-7-8-14-20(19)28-26(27)33/h2-14,29H,1H3,(H,28,33)/t27-/m0/s1. The number of benzene rings is 3. The third-order valence-electron chi connectivity index (χ3n) is 6.89. The number of aryl methyl sites for hydroxylation is 1. The quantitative estimate of drug-likeness (QED) is 0.468. The Balaban J connectivity index is 1.63. The van der Waals surface area contributed by atoms with Gasteiger partial charge < -0.3 is 10.6 Å². The van der Waals surface area contributed by atoms with E-state index in [-0.39, 0.29) is 11.7 Å². The van der Waals surface area contributed by atoms with Crippen molar-refractivity contribution in [2.45, 2.75) is 12.3 Å². The molecular weight excluding hydrogens is 412 g/mol. The Hall–Kier alpha value is -4.45. The Bertz CT molecular complexity index is 1560. The molecule has 2 aliphatic heterocycles. The van der Waals surface area contributed by atoms with E-state index >= 15 is 0 Å². The lowest BCUT2D eigenvalue weighted by Gasteiger charge is -2.34. The van der Waals surface area contributed by atoms with Crippen LogP contribution in [0.1, 0.15) is 32.7 Å². The second-order valence-electron chi connectivity index (χ2n) is 8.56. The number of fused-ring (bicyclic) bond motifs is 7. The van der Waals surface area contributed by atoms with Gasteiger partial charge in [0.25, 0.3) is 0 Å². The highest BCUT2D eigenvalue weighted by molar-refractivity contribution is 6.31. The van der Waals surface area contributed by atoms with E-state index in [1.54, 1.807) is 0 Å². The van der Waals surface area contributed by atoms with Crippen molar-refractivity contribution in [3.05, 3.63) is 112 Å². The van der Waals surface area contributed by atoms with Crippen LogP contribution in [0.3, 0.4) is 0 Å². The number of carbonyl (C=O) groups excluding carboxylic acids is 2. The Kier molecular flexibility index (Phi) is 3.34. The minimum absolute atomic E-state index is 0.127. The van der Waals surface area contributed by atoms with Crippen LogP contribution in [0.5, 0.6) is 0 Å². The summed E-state index contributed by atoms with van der Waals surface area (Å²) in [6, 6.07) is 24.9. The summed E-state index contributed by atoms with van der Waals surface area (Å²) in [6.07, 6.45) is 0. The third-order valence-corrected chi connectivity index (χ3v) is 6.89. The maximum atomic E-state index is 13.9. The Labute approximate surface area is 189 Å². The van der Waals surface area contributed by atoms with Crippen molar-refractivity contribution in [3.63, 3.8) is 0 Å². The molecule has 6 heteroatoms. The number of ketones is 1. The number of nitrogens with zero attached hydrogens (tertiary/aromatic N) is 2. The minimum atomic E-state index is -1.28. The fraction of sp³-hybridized carbons (Fsp3) is 0.0741. The zero-order valence-electron chi connectivity index (χ0n) is 17.7. The van der Waals surface area contributed by atoms with Crippen molar-refractivity contribution >= 4 is 28.9 Å². The first-order valence-corrected chi connectivity index (χ1v) is 10.8. The predicted molar refractivity (Wildman–Crippen MR) is 125 cm³/mol. The lowest BCUT2D eigenvalue weighted by atomic mass is 9.67. The minimum Gasteiger partial charge on any atom is -0.339 e. The number of para-hydroxylation sites is 2. The molecule has 33 heavy (non-hydrogen) atoms. The monoisotopic (exact) mass is 430 g/mol. The number of Topliss-reactive ketones (excluding diaryl/α,β-unsaturated/α-hetero) is 1. The summed E-state index contributed by atoms with van der Waals surface area (Å²) in [7, 11) is 0. The van der Waals surface area contributed by atoms with Gasteiger partial charge in [-0.1, -0.05) is 60.7 Å². The molecule has 0 saturated heterocycles. The lowest BCUT2D eigenvalue weighted by Crippen LogP contribution is -2.43. The zero-order chi connectivity index (χ0) is 22.3. The molecule has 0 radical (unpaired) electrons. The highest BCUT2D eigenvalue weighted by Gasteiger charge is 2.60. The molecule has 1 aromatic heterocycles. The molecule has 6 nitrogen and oxygen atoms in total. The summed E-state index contributed by atoms with van der Waals surface area (Å²) in [4.78, 5) is 27.8. The molecule has 1 atom stereocenters. The topological polar surface area (TPSA) is 76.0 Å². The van der Waals surface area contributed by atoms with Gasteiger partial charge in [0.15, 0.2) is 5.78 Å². The van der Waals surface area contributed by atoms with Gasteiger partial charge in [-0.3, -0.25) is 9.59 Å². The van der Waals surface area contributed by atoms with Crippen molar-refractivity contribution in [2.24, 2.45) is 0 Å². The first kappa shape index (κ1) is 18.2. The molecule has 2 N–H and O–H groups in total. The summed E-state index contributed by atoms with van der Waals surface area (Å²) >= 11 is 0. The lowest BCUT2D eigenvalue weighted by molar-refractivity contribution is -0.118. The Morgan fingerprint density at radius 3 is 2.33 bits per heavy atom. The van der Waals surface area contributed by atoms with Crippen molar-refractivity contribution in [1.82, 2.24) is 9.78 Å². The number of amides is 1. The molecular formula is C27H18N4O2. The molecule has 3 heterocycles.